The second-order valence-electron chi connectivity index (χ2n) is 3.86. The van der Waals surface area contributed by atoms with Crippen LogP contribution in [0.15, 0.2) is 36.7 Å². The Morgan fingerprint density at radius 3 is 2.65 bits per heavy atom. The Morgan fingerprint density at radius 1 is 1.18 bits per heavy atom. The molecule has 2 rings (SSSR count). The first-order chi connectivity index (χ1) is 8.15. The van der Waals surface area contributed by atoms with Gasteiger partial charge in [-0.1, -0.05) is 6.07 Å². The van der Waals surface area contributed by atoms with E-state index in [1.807, 2.05) is 19.9 Å². The van der Waals surface area contributed by atoms with E-state index in [2.05, 4.69) is 15.3 Å². The van der Waals surface area contributed by atoms with Gasteiger partial charge < -0.3 is 5.32 Å². The largest absolute Gasteiger partial charge is 0.307 e. The lowest BCUT2D eigenvalue weighted by molar-refractivity contribution is 0.102. The number of nitrogens with zero attached hydrogens (tertiary/aromatic N) is 2. The molecule has 0 saturated carbocycles. The highest BCUT2D eigenvalue weighted by molar-refractivity contribution is 6.03. The number of carbonyl (C=O) groups excluding carboxylic acids is 1. The summed E-state index contributed by atoms with van der Waals surface area (Å²) in [5.74, 6) is 0.377. The highest BCUT2D eigenvalue weighted by Crippen LogP contribution is 2.07. The fourth-order valence-electron chi connectivity index (χ4n) is 1.42. The predicted octanol–water partition coefficient (Wildman–Crippen LogP) is 2.35. The first-order valence-corrected chi connectivity index (χ1v) is 5.32. The van der Waals surface area contributed by atoms with E-state index >= 15 is 0 Å². The number of hydrogen-bond acceptors (Lipinski definition) is 3. The summed E-state index contributed by atoms with van der Waals surface area (Å²) < 4.78 is 0. The number of anilines is 1. The van der Waals surface area contributed by atoms with Crippen molar-refractivity contribution in [1.29, 1.82) is 0 Å². The van der Waals surface area contributed by atoms with Gasteiger partial charge in [0.15, 0.2) is 0 Å². The lowest BCUT2D eigenvalue weighted by Crippen LogP contribution is -2.13. The zero-order valence-corrected chi connectivity index (χ0v) is 9.77. The number of amides is 1. The zero-order chi connectivity index (χ0) is 12.3. The Hall–Kier alpha value is -2.23. The molecular weight excluding hydrogens is 214 g/mol. The van der Waals surface area contributed by atoms with Crippen LogP contribution in [0.2, 0.25) is 0 Å². The number of pyridine rings is 2. The molecule has 4 heteroatoms. The molecule has 0 aromatic carbocycles. The van der Waals surface area contributed by atoms with E-state index in [9.17, 15) is 4.79 Å². The van der Waals surface area contributed by atoms with Gasteiger partial charge in [-0.05, 0) is 37.6 Å². The molecule has 1 N–H and O–H groups in total. The van der Waals surface area contributed by atoms with Gasteiger partial charge in [0.1, 0.15) is 5.82 Å². The van der Waals surface area contributed by atoms with Crippen molar-refractivity contribution < 1.29 is 4.79 Å². The quantitative estimate of drug-likeness (QED) is 0.856. The van der Waals surface area contributed by atoms with Gasteiger partial charge in [-0.15, -0.1) is 0 Å². The number of carbonyl (C=O) groups is 1. The van der Waals surface area contributed by atoms with Crippen molar-refractivity contribution in [3.63, 3.8) is 0 Å². The van der Waals surface area contributed by atoms with Crippen LogP contribution in [0.5, 0.6) is 0 Å². The van der Waals surface area contributed by atoms with Gasteiger partial charge >= 0.3 is 0 Å². The summed E-state index contributed by atoms with van der Waals surface area (Å²) in [6.07, 6.45) is 3.33. The minimum atomic E-state index is -0.174. The Kier molecular flexibility index (Phi) is 3.14. The summed E-state index contributed by atoms with van der Waals surface area (Å²) in [6.45, 7) is 3.80. The maximum atomic E-state index is 11.9. The van der Waals surface area contributed by atoms with Gasteiger partial charge in [0, 0.05) is 23.7 Å². The van der Waals surface area contributed by atoms with Crippen LogP contribution in [0.25, 0.3) is 0 Å². The van der Waals surface area contributed by atoms with Gasteiger partial charge in [-0.3, -0.25) is 9.78 Å². The van der Waals surface area contributed by atoms with Crippen LogP contribution in [0, 0.1) is 13.8 Å². The van der Waals surface area contributed by atoms with E-state index in [4.69, 9.17) is 0 Å². The molecule has 0 aliphatic rings. The van der Waals surface area contributed by atoms with Crippen molar-refractivity contribution in [1.82, 2.24) is 9.97 Å². The molecule has 17 heavy (non-hydrogen) atoms. The number of aryl methyl sites for hydroxylation is 2. The van der Waals surface area contributed by atoms with Gasteiger partial charge in [-0.2, -0.15) is 0 Å². The molecule has 0 unspecified atom stereocenters. The molecule has 0 radical (unpaired) electrons. The van der Waals surface area contributed by atoms with Crippen molar-refractivity contribution in [3.8, 4) is 0 Å². The first kappa shape index (κ1) is 11.3. The standard InChI is InChI=1S/C13H13N3O/c1-9-3-4-12(15-8-9)16-13(17)11-5-6-14-10(2)7-11/h3-8H,1-2H3,(H,15,16,17). The fourth-order valence-corrected chi connectivity index (χ4v) is 1.42. The van der Waals surface area contributed by atoms with Gasteiger partial charge in [0.05, 0.1) is 0 Å². The topological polar surface area (TPSA) is 54.9 Å². The van der Waals surface area contributed by atoms with Gasteiger partial charge in [0.2, 0.25) is 0 Å². The summed E-state index contributed by atoms with van der Waals surface area (Å²) in [5.41, 5.74) is 2.46. The second-order valence-corrected chi connectivity index (χ2v) is 3.86. The van der Waals surface area contributed by atoms with Crippen molar-refractivity contribution in [2.45, 2.75) is 13.8 Å². The number of hydrogen-bond donors (Lipinski definition) is 1. The third-order valence-corrected chi connectivity index (χ3v) is 2.31. The van der Waals surface area contributed by atoms with Crippen LogP contribution in [0.1, 0.15) is 21.6 Å². The van der Waals surface area contributed by atoms with Crippen LogP contribution in [0.4, 0.5) is 5.82 Å². The lowest BCUT2D eigenvalue weighted by Gasteiger charge is -2.04. The SMILES string of the molecule is Cc1ccc(NC(=O)c2ccnc(C)c2)nc1. The summed E-state index contributed by atoms with van der Waals surface area (Å²) >= 11 is 0. The second kappa shape index (κ2) is 4.74. The third kappa shape index (κ3) is 2.87. The summed E-state index contributed by atoms with van der Waals surface area (Å²) in [7, 11) is 0. The van der Waals surface area contributed by atoms with Crippen LogP contribution in [0.3, 0.4) is 0 Å². The van der Waals surface area contributed by atoms with E-state index < -0.39 is 0 Å². The van der Waals surface area contributed by atoms with E-state index in [1.54, 1.807) is 30.6 Å². The van der Waals surface area contributed by atoms with Crippen LogP contribution < -0.4 is 5.32 Å². The van der Waals surface area contributed by atoms with Crippen LogP contribution in [-0.2, 0) is 0 Å². The molecule has 0 aliphatic carbocycles. The molecule has 0 spiro atoms. The van der Waals surface area contributed by atoms with Crippen molar-refractivity contribution in [3.05, 3.63) is 53.5 Å². The van der Waals surface area contributed by atoms with E-state index in [-0.39, 0.29) is 5.91 Å². The Balaban J connectivity index is 2.14. The van der Waals surface area contributed by atoms with Crippen LogP contribution in [-0.4, -0.2) is 15.9 Å². The normalized spacial score (nSPS) is 10.0. The third-order valence-electron chi connectivity index (χ3n) is 2.31. The average molecular weight is 227 g/mol. The molecule has 2 aromatic rings. The minimum Gasteiger partial charge on any atom is -0.307 e. The van der Waals surface area contributed by atoms with E-state index in [0.29, 0.717) is 11.4 Å². The Morgan fingerprint density at radius 2 is 2.00 bits per heavy atom. The van der Waals surface area contributed by atoms with Gasteiger partial charge in [0.25, 0.3) is 5.91 Å². The molecular formula is C13H13N3O. The molecule has 0 bridgehead atoms. The van der Waals surface area contributed by atoms with E-state index in [1.165, 1.54) is 0 Å². The average Bonchev–Trinajstić information content (AvgIpc) is 2.32. The Bertz CT molecular complexity index is 535. The van der Waals surface area contributed by atoms with E-state index in [0.717, 1.165) is 11.3 Å². The Labute approximate surface area is 99.7 Å². The van der Waals surface area contributed by atoms with Crippen molar-refractivity contribution in [2.75, 3.05) is 5.32 Å². The number of nitrogens with one attached hydrogen (secondary N) is 1. The monoisotopic (exact) mass is 227 g/mol. The molecule has 86 valence electrons. The zero-order valence-electron chi connectivity index (χ0n) is 9.77. The maximum Gasteiger partial charge on any atom is 0.256 e. The minimum absolute atomic E-state index is 0.174. The smallest absolute Gasteiger partial charge is 0.256 e. The van der Waals surface area contributed by atoms with Crippen molar-refractivity contribution >= 4 is 11.7 Å². The number of rotatable bonds is 2. The summed E-state index contributed by atoms with van der Waals surface area (Å²) in [6, 6.07) is 7.10. The first-order valence-electron chi connectivity index (χ1n) is 5.32. The molecule has 0 aliphatic heterocycles. The maximum absolute atomic E-state index is 11.9. The molecule has 0 atom stereocenters. The summed E-state index contributed by atoms with van der Waals surface area (Å²) in [5, 5.41) is 2.73. The summed E-state index contributed by atoms with van der Waals surface area (Å²) in [4.78, 5) is 20.0. The molecule has 2 heterocycles. The molecule has 2 aromatic heterocycles. The fraction of sp³-hybridized carbons (Fsp3) is 0.154. The van der Waals surface area contributed by atoms with Gasteiger partial charge in [-0.25, -0.2) is 4.98 Å². The highest BCUT2D eigenvalue weighted by Gasteiger charge is 2.06. The molecule has 4 nitrogen and oxygen atoms in total. The van der Waals surface area contributed by atoms with Crippen molar-refractivity contribution in [2.24, 2.45) is 0 Å². The highest BCUT2D eigenvalue weighted by atomic mass is 16.1. The molecule has 1 amide bonds. The van der Waals surface area contributed by atoms with Crippen LogP contribution >= 0.6 is 0 Å². The lowest BCUT2D eigenvalue weighted by atomic mass is 10.2. The predicted molar refractivity (Wildman–Crippen MR) is 65.9 cm³/mol. The molecule has 0 fully saturated rings. The molecule has 0 saturated heterocycles. The number of aromatic nitrogens is 2.